The van der Waals surface area contributed by atoms with Gasteiger partial charge >= 0.3 is 0 Å². The molecule has 140 valence electrons. The van der Waals surface area contributed by atoms with Crippen LogP contribution in [0.3, 0.4) is 0 Å². The fourth-order valence-electron chi connectivity index (χ4n) is 3.10. The number of benzene rings is 2. The lowest BCUT2D eigenvalue weighted by atomic mass is 10.2. The summed E-state index contributed by atoms with van der Waals surface area (Å²) in [5, 5.41) is 0. The Morgan fingerprint density at radius 2 is 1.93 bits per heavy atom. The average molecular weight is 429 g/mol. The SMILES string of the molecule is CCCN(Cc1cccn1Cc1cccc(F)c1)C(=O)c1cccc(Br)c1. The molecule has 1 heterocycles. The van der Waals surface area contributed by atoms with E-state index in [4.69, 9.17) is 0 Å². The second kappa shape index (κ2) is 9.00. The van der Waals surface area contributed by atoms with Crippen LogP contribution in [0.2, 0.25) is 0 Å². The van der Waals surface area contributed by atoms with E-state index in [9.17, 15) is 9.18 Å². The highest BCUT2D eigenvalue weighted by atomic mass is 79.9. The van der Waals surface area contributed by atoms with E-state index in [-0.39, 0.29) is 11.7 Å². The van der Waals surface area contributed by atoms with Gasteiger partial charge in [-0.05, 0) is 54.4 Å². The van der Waals surface area contributed by atoms with Crippen LogP contribution >= 0.6 is 15.9 Å². The maximum absolute atomic E-state index is 13.5. The van der Waals surface area contributed by atoms with Gasteiger partial charge in [0.05, 0.1) is 6.54 Å². The van der Waals surface area contributed by atoms with Crippen molar-refractivity contribution in [3.63, 3.8) is 0 Å². The smallest absolute Gasteiger partial charge is 0.254 e. The van der Waals surface area contributed by atoms with E-state index in [2.05, 4.69) is 27.4 Å². The van der Waals surface area contributed by atoms with Crippen molar-refractivity contribution < 1.29 is 9.18 Å². The normalized spacial score (nSPS) is 10.8. The molecule has 3 nitrogen and oxygen atoms in total. The molecule has 0 radical (unpaired) electrons. The third kappa shape index (κ3) is 5.07. The van der Waals surface area contributed by atoms with Crippen LogP contribution in [0.25, 0.3) is 0 Å². The Kier molecular flexibility index (Phi) is 6.45. The molecule has 3 aromatic rings. The summed E-state index contributed by atoms with van der Waals surface area (Å²) in [5.41, 5.74) is 2.59. The first-order chi connectivity index (χ1) is 13.1. The number of hydrogen-bond acceptors (Lipinski definition) is 1. The van der Waals surface area contributed by atoms with Crippen LogP contribution in [0.15, 0.2) is 71.3 Å². The summed E-state index contributed by atoms with van der Waals surface area (Å²) in [6.45, 7) is 3.83. The maximum Gasteiger partial charge on any atom is 0.254 e. The molecule has 0 spiro atoms. The summed E-state index contributed by atoms with van der Waals surface area (Å²) < 4.78 is 16.4. The van der Waals surface area contributed by atoms with Crippen LogP contribution < -0.4 is 0 Å². The van der Waals surface area contributed by atoms with Crippen LogP contribution in [0.1, 0.15) is 35.0 Å². The van der Waals surface area contributed by atoms with Crippen molar-refractivity contribution in [1.82, 2.24) is 9.47 Å². The molecule has 0 saturated heterocycles. The fraction of sp³-hybridized carbons (Fsp3) is 0.227. The van der Waals surface area contributed by atoms with Gasteiger partial charge in [-0.25, -0.2) is 4.39 Å². The van der Waals surface area contributed by atoms with Gasteiger partial charge in [0.25, 0.3) is 5.91 Å². The van der Waals surface area contributed by atoms with Crippen LogP contribution in [-0.2, 0) is 13.1 Å². The first kappa shape index (κ1) is 19.4. The third-order valence-electron chi connectivity index (χ3n) is 4.37. The minimum Gasteiger partial charge on any atom is -0.345 e. The molecule has 0 unspecified atom stereocenters. The molecule has 0 saturated carbocycles. The van der Waals surface area contributed by atoms with Gasteiger partial charge in [-0.2, -0.15) is 0 Å². The monoisotopic (exact) mass is 428 g/mol. The number of hydrogen-bond donors (Lipinski definition) is 0. The lowest BCUT2D eigenvalue weighted by Crippen LogP contribution is -2.32. The van der Waals surface area contributed by atoms with Gasteiger partial charge in [0.1, 0.15) is 5.82 Å². The molecular formula is C22H22BrFN2O. The Morgan fingerprint density at radius 1 is 1.11 bits per heavy atom. The zero-order chi connectivity index (χ0) is 19.2. The van der Waals surface area contributed by atoms with Crippen molar-refractivity contribution in [3.05, 3.63) is 94.0 Å². The van der Waals surface area contributed by atoms with Crippen molar-refractivity contribution in [3.8, 4) is 0 Å². The predicted octanol–water partition coefficient (Wildman–Crippen LogP) is 5.49. The summed E-state index contributed by atoms with van der Waals surface area (Å²) in [6, 6.07) is 18.0. The van der Waals surface area contributed by atoms with E-state index in [0.29, 0.717) is 25.2 Å². The fourth-order valence-corrected chi connectivity index (χ4v) is 3.50. The largest absolute Gasteiger partial charge is 0.345 e. The zero-order valence-electron chi connectivity index (χ0n) is 15.2. The quantitative estimate of drug-likeness (QED) is 0.488. The highest BCUT2D eigenvalue weighted by Gasteiger charge is 2.17. The Labute approximate surface area is 167 Å². The van der Waals surface area contributed by atoms with Crippen molar-refractivity contribution in [2.24, 2.45) is 0 Å². The van der Waals surface area contributed by atoms with E-state index in [0.717, 1.165) is 22.2 Å². The van der Waals surface area contributed by atoms with Gasteiger partial charge in [-0.15, -0.1) is 0 Å². The summed E-state index contributed by atoms with van der Waals surface area (Å²) in [4.78, 5) is 14.8. The highest BCUT2D eigenvalue weighted by molar-refractivity contribution is 9.10. The van der Waals surface area contributed by atoms with Gasteiger partial charge in [0, 0.05) is 35.0 Å². The molecule has 3 rings (SSSR count). The number of carbonyl (C=O) groups is 1. The molecule has 1 aromatic heterocycles. The molecular weight excluding hydrogens is 407 g/mol. The summed E-state index contributed by atoms with van der Waals surface area (Å²) in [6.07, 6.45) is 2.85. The van der Waals surface area contributed by atoms with E-state index in [1.165, 1.54) is 6.07 Å². The van der Waals surface area contributed by atoms with E-state index in [1.54, 1.807) is 12.1 Å². The summed E-state index contributed by atoms with van der Waals surface area (Å²) in [5.74, 6) is -0.227. The average Bonchev–Trinajstić information content (AvgIpc) is 3.07. The lowest BCUT2D eigenvalue weighted by Gasteiger charge is -2.23. The number of rotatable bonds is 7. The minimum absolute atomic E-state index is 0.0108. The topological polar surface area (TPSA) is 25.2 Å². The first-order valence-corrected chi connectivity index (χ1v) is 9.79. The molecule has 27 heavy (non-hydrogen) atoms. The number of nitrogens with zero attached hydrogens (tertiary/aromatic N) is 2. The second-order valence-corrected chi connectivity index (χ2v) is 7.41. The van der Waals surface area contributed by atoms with Crippen molar-refractivity contribution in [2.75, 3.05) is 6.54 Å². The molecule has 0 aliphatic rings. The summed E-state index contributed by atoms with van der Waals surface area (Å²) in [7, 11) is 0. The standard InChI is InChI=1S/C22H22BrFN2O/c1-2-11-26(22(27)18-7-4-8-19(23)14-18)16-21-10-5-12-25(21)15-17-6-3-9-20(24)13-17/h3-10,12-14H,2,11,15-16H2,1H3. The van der Waals surface area contributed by atoms with Crippen LogP contribution in [-0.4, -0.2) is 21.9 Å². The van der Waals surface area contributed by atoms with Gasteiger partial charge < -0.3 is 9.47 Å². The molecule has 0 aliphatic carbocycles. The second-order valence-electron chi connectivity index (χ2n) is 6.49. The molecule has 0 fully saturated rings. The van der Waals surface area contributed by atoms with E-state index >= 15 is 0 Å². The van der Waals surface area contributed by atoms with Crippen LogP contribution in [0.5, 0.6) is 0 Å². The van der Waals surface area contributed by atoms with E-state index < -0.39 is 0 Å². The van der Waals surface area contributed by atoms with Gasteiger partial charge in [0.2, 0.25) is 0 Å². The number of halogens is 2. The van der Waals surface area contributed by atoms with Gasteiger partial charge in [-0.1, -0.05) is 41.1 Å². The molecule has 0 atom stereocenters. The zero-order valence-corrected chi connectivity index (χ0v) is 16.8. The predicted molar refractivity (Wildman–Crippen MR) is 109 cm³/mol. The molecule has 0 N–H and O–H groups in total. The summed E-state index contributed by atoms with van der Waals surface area (Å²) >= 11 is 3.43. The Bertz CT molecular complexity index is 922. The van der Waals surface area contributed by atoms with Crippen LogP contribution in [0.4, 0.5) is 4.39 Å². The Balaban J connectivity index is 1.79. The minimum atomic E-state index is -0.237. The molecule has 1 amide bonds. The number of carbonyl (C=O) groups excluding carboxylic acids is 1. The highest BCUT2D eigenvalue weighted by Crippen LogP contribution is 2.17. The molecule has 0 aliphatic heterocycles. The van der Waals surface area contributed by atoms with Gasteiger partial charge in [0.15, 0.2) is 0 Å². The van der Waals surface area contributed by atoms with E-state index in [1.807, 2.05) is 53.6 Å². The van der Waals surface area contributed by atoms with Crippen LogP contribution in [0, 0.1) is 5.82 Å². The molecule has 0 bridgehead atoms. The molecule has 2 aromatic carbocycles. The van der Waals surface area contributed by atoms with Crippen molar-refractivity contribution >= 4 is 21.8 Å². The molecule has 5 heteroatoms. The third-order valence-corrected chi connectivity index (χ3v) is 4.86. The lowest BCUT2D eigenvalue weighted by molar-refractivity contribution is 0.0739. The number of aromatic nitrogens is 1. The Hall–Kier alpha value is -2.40. The Morgan fingerprint density at radius 3 is 2.67 bits per heavy atom. The first-order valence-electron chi connectivity index (χ1n) is 9.00. The number of amides is 1. The van der Waals surface area contributed by atoms with Gasteiger partial charge in [-0.3, -0.25) is 4.79 Å². The maximum atomic E-state index is 13.5. The van der Waals surface area contributed by atoms with Crippen molar-refractivity contribution in [2.45, 2.75) is 26.4 Å². The van der Waals surface area contributed by atoms with Crippen molar-refractivity contribution in [1.29, 1.82) is 0 Å².